The Kier molecular flexibility index (Phi) is 49.3. The quantitative estimate of drug-likeness (QED) is 0.0195. The number of phosphoric ester groups is 1. The molecule has 10 heteroatoms. The van der Waals surface area contributed by atoms with Crippen LogP contribution in [0.25, 0.3) is 0 Å². The van der Waals surface area contributed by atoms with Crippen molar-refractivity contribution in [2.75, 3.05) is 47.5 Å². The van der Waals surface area contributed by atoms with E-state index < -0.39 is 26.5 Å². The lowest BCUT2D eigenvalue weighted by Crippen LogP contribution is -2.37. The summed E-state index contributed by atoms with van der Waals surface area (Å²) in [7, 11) is 1.18. The molecule has 9 nitrogen and oxygen atoms in total. The van der Waals surface area contributed by atoms with Gasteiger partial charge in [0.2, 0.25) is 0 Å². The lowest BCUT2D eigenvalue weighted by Gasteiger charge is -2.28. The standard InChI is InChI=1S/C58H112NO8P/c1-6-8-10-12-14-16-18-20-22-24-25-26-27-28-29-30-31-32-33-35-37-39-41-43-45-47-49-51-58(61)67-56(55-66-68(62,63)65-53-52-59(3,4)5)54-64-57(60)50-48-46-44-42-40-38-36-34-23-21-19-17-15-13-11-9-7-2/h21,23-25,56H,6-20,22,26-55H2,1-5H3/b23-21-,25-24-. The summed E-state index contributed by atoms with van der Waals surface area (Å²) < 4.78 is 34.1. The Morgan fingerprint density at radius 1 is 0.441 bits per heavy atom. The molecule has 68 heavy (non-hydrogen) atoms. The van der Waals surface area contributed by atoms with Crippen LogP contribution in [-0.4, -0.2) is 70.0 Å². The van der Waals surface area contributed by atoms with Gasteiger partial charge in [-0.3, -0.25) is 14.2 Å². The van der Waals surface area contributed by atoms with Gasteiger partial charge in [0.05, 0.1) is 27.7 Å². The molecule has 0 aromatic rings. The third-order valence-electron chi connectivity index (χ3n) is 12.9. The number of unbranched alkanes of at least 4 members (excludes halogenated alkanes) is 36. The Hall–Kier alpha value is -1.51. The van der Waals surface area contributed by atoms with Crippen molar-refractivity contribution in [2.24, 2.45) is 0 Å². The number of carbonyl (C=O) groups excluding carboxylic acids is 2. The topological polar surface area (TPSA) is 111 Å². The van der Waals surface area contributed by atoms with E-state index in [-0.39, 0.29) is 32.0 Å². The summed E-state index contributed by atoms with van der Waals surface area (Å²) in [4.78, 5) is 37.8. The molecule has 0 rings (SSSR count). The third kappa shape index (κ3) is 53.8. The third-order valence-corrected chi connectivity index (χ3v) is 13.9. The van der Waals surface area contributed by atoms with Gasteiger partial charge in [-0.15, -0.1) is 0 Å². The second-order valence-corrected chi connectivity index (χ2v) is 22.4. The van der Waals surface area contributed by atoms with Crippen LogP contribution < -0.4 is 4.89 Å². The highest BCUT2D eigenvalue weighted by atomic mass is 31.2. The van der Waals surface area contributed by atoms with Crippen molar-refractivity contribution in [3.8, 4) is 0 Å². The van der Waals surface area contributed by atoms with Crippen molar-refractivity contribution in [2.45, 2.75) is 290 Å². The number of likely N-dealkylation sites (N-methyl/N-ethyl adjacent to an activating group) is 1. The van der Waals surface area contributed by atoms with Gasteiger partial charge in [-0.05, 0) is 64.2 Å². The highest BCUT2D eigenvalue weighted by Gasteiger charge is 2.22. The van der Waals surface area contributed by atoms with E-state index in [1.54, 1.807) is 0 Å². The molecule has 0 amide bonds. The first kappa shape index (κ1) is 66.5. The van der Waals surface area contributed by atoms with Crippen molar-refractivity contribution in [1.82, 2.24) is 0 Å². The average Bonchev–Trinajstić information content (AvgIpc) is 3.30. The molecule has 0 aromatic carbocycles. The summed E-state index contributed by atoms with van der Waals surface area (Å²) in [5.74, 6) is -0.825. The number of hydrogen-bond donors (Lipinski definition) is 0. The number of phosphoric acid groups is 1. The zero-order valence-electron chi connectivity index (χ0n) is 45.6. The van der Waals surface area contributed by atoms with Crippen LogP contribution in [0.1, 0.15) is 284 Å². The van der Waals surface area contributed by atoms with Crippen molar-refractivity contribution in [1.29, 1.82) is 0 Å². The maximum atomic E-state index is 12.8. The van der Waals surface area contributed by atoms with E-state index in [0.717, 1.165) is 44.9 Å². The van der Waals surface area contributed by atoms with E-state index in [9.17, 15) is 19.0 Å². The summed E-state index contributed by atoms with van der Waals surface area (Å²) in [6.45, 7) is 4.27. The normalized spacial score (nSPS) is 13.4. The van der Waals surface area contributed by atoms with Gasteiger partial charge >= 0.3 is 11.9 Å². The monoisotopic (exact) mass is 982 g/mol. The molecule has 0 saturated carbocycles. The van der Waals surface area contributed by atoms with Gasteiger partial charge in [0.25, 0.3) is 7.82 Å². The molecule has 0 aliphatic rings. The van der Waals surface area contributed by atoms with Crippen LogP contribution in [0.2, 0.25) is 0 Å². The number of carbonyl (C=O) groups is 2. The lowest BCUT2D eigenvalue weighted by molar-refractivity contribution is -0.870. The summed E-state index contributed by atoms with van der Waals surface area (Å²) in [5, 5.41) is 0. The van der Waals surface area contributed by atoms with Crippen molar-refractivity contribution < 1.29 is 42.1 Å². The van der Waals surface area contributed by atoms with E-state index in [0.29, 0.717) is 17.4 Å². The molecule has 0 bridgehead atoms. The number of quaternary nitrogens is 1. The van der Waals surface area contributed by atoms with Crippen molar-refractivity contribution >= 4 is 19.8 Å². The second kappa shape index (κ2) is 50.4. The lowest BCUT2D eigenvalue weighted by atomic mass is 10.0. The zero-order valence-corrected chi connectivity index (χ0v) is 46.5. The van der Waals surface area contributed by atoms with E-state index in [1.165, 1.54) is 205 Å². The highest BCUT2D eigenvalue weighted by molar-refractivity contribution is 7.45. The molecule has 0 aliphatic carbocycles. The second-order valence-electron chi connectivity index (χ2n) is 21.0. The van der Waals surface area contributed by atoms with Crippen LogP contribution in [0.5, 0.6) is 0 Å². The summed E-state index contributed by atoms with van der Waals surface area (Å²) in [6, 6.07) is 0. The summed E-state index contributed by atoms with van der Waals surface area (Å²) in [5.41, 5.74) is 0. The summed E-state index contributed by atoms with van der Waals surface area (Å²) in [6.07, 6.45) is 59.4. The Balaban J connectivity index is 4.11. The first-order valence-corrected chi connectivity index (χ1v) is 30.5. The van der Waals surface area contributed by atoms with Crippen molar-refractivity contribution in [3.63, 3.8) is 0 Å². The first-order chi connectivity index (χ1) is 33.0. The molecular formula is C58H112NO8P. The van der Waals surface area contributed by atoms with Gasteiger partial charge in [0, 0.05) is 12.8 Å². The molecule has 0 fully saturated rings. The fraction of sp³-hybridized carbons (Fsp3) is 0.897. The molecule has 0 heterocycles. The number of ether oxygens (including phenoxy) is 2. The Bertz CT molecular complexity index is 1200. The predicted octanol–water partition coefficient (Wildman–Crippen LogP) is 17.2. The van der Waals surface area contributed by atoms with Gasteiger partial charge in [-0.25, -0.2) is 0 Å². The molecule has 402 valence electrons. The van der Waals surface area contributed by atoms with E-state index >= 15 is 0 Å². The smallest absolute Gasteiger partial charge is 0.306 e. The molecule has 0 N–H and O–H groups in total. The van der Waals surface area contributed by atoms with Crippen LogP contribution in [-0.2, 0) is 32.7 Å². The minimum atomic E-state index is -4.63. The maximum Gasteiger partial charge on any atom is 0.306 e. The highest BCUT2D eigenvalue weighted by Crippen LogP contribution is 2.38. The van der Waals surface area contributed by atoms with Crippen LogP contribution in [0.3, 0.4) is 0 Å². The van der Waals surface area contributed by atoms with Gasteiger partial charge in [-0.2, -0.15) is 0 Å². The van der Waals surface area contributed by atoms with E-state index in [4.69, 9.17) is 18.5 Å². The minimum Gasteiger partial charge on any atom is -0.756 e. The Morgan fingerprint density at radius 3 is 1.09 bits per heavy atom. The molecule has 0 aromatic heterocycles. The van der Waals surface area contributed by atoms with Crippen LogP contribution >= 0.6 is 7.82 Å². The molecule has 0 saturated heterocycles. The molecular weight excluding hydrogens is 870 g/mol. The van der Waals surface area contributed by atoms with E-state index in [1.807, 2.05) is 21.1 Å². The predicted molar refractivity (Wildman–Crippen MR) is 287 cm³/mol. The Labute approximate surface area is 421 Å². The number of esters is 2. The molecule has 0 aliphatic heterocycles. The van der Waals surface area contributed by atoms with Crippen LogP contribution in [0.15, 0.2) is 24.3 Å². The molecule has 0 spiro atoms. The van der Waals surface area contributed by atoms with Gasteiger partial charge in [0.15, 0.2) is 6.10 Å². The van der Waals surface area contributed by atoms with Gasteiger partial charge < -0.3 is 27.9 Å². The van der Waals surface area contributed by atoms with Crippen LogP contribution in [0, 0.1) is 0 Å². The number of nitrogens with zero attached hydrogens (tertiary/aromatic N) is 1. The van der Waals surface area contributed by atoms with Crippen LogP contribution in [0.4, 0.5) is 0 Å². The maximum absolute atomic E-state index is 12.8. The van der Waals surface area contributed by atoms with Gasteiger partial charge in [-0.1, -0.05) is 231 Å². The number of allylic oxidation sites excluding steroid dienone is 4. The largest absolute Gasteiger partial charge is 0.756 e. The van der Waals surface area contributed by atoms with E-state index in [2.05, 4.69) is 38.2 Å². The zero-order chi connectivity index (χ0) is 49.9. The number of hydrogen-bond acceptors (Lipinski definition) is 8. The molecule has 2 atom stereocenters. The molecule has 2 unspecified atom stereocenters. The number of rotatable bonds is 54. The van der Waals surface area contributed by atoms with Crippen molar-refractivity contribution in [3.05, 3.63) is 24.3 Å². The Morgan fingerprint density at radius 2 is 0.750 bits per heavy atom. The van der Waals surface area contributed by atoms with Gasteiger partial charge in [0.1, 0.15) is 19.8 Å². The average molecular weight is 983 g/mol. The fourth-order valence-electron chi connectivity index (χ4n) is 8.41. The molecule has 0 radical (unpaired) electrons. The fourth-order valence-corrected chi connectivity index (χ4v) is 9.14. The SMILES string of the molecule is CCCCCCCC/C=C\CCCCCCCCCC(=O)OCC(COP(=O)([O-])OCC[N+](C)(C)C)OC(=O)CCCCCCCCCCCCCCCCC/C=C\CCCCCCCCCC. The first-order valence-electron chi connectivity index (χ1n) is 29.0. The minimum absolute atomic E-state index is 0.0292. The summed E-state index contributed by atoms with van der Waals surface area (Å²) >= 11 is 0.